The van der Waals surface area contributed by atoms with Crippen LogP contribution in [0.15, 0.2) is 30.3 Å². The van der Waals surface area contributed by atoms with Crippen molar-refractivity contribution >= 4 is 29.0 Å². The lowest BCUT2D eigenvalue weighted by Gasteiger charge is -2.11. The average Bonchev–Trinajstić information content (AvgIpc) is 2.46. The Morgan fingerprint density at radius 2 is 1.52 bits per heavy atom. The monoisotopic (exact) mass is 328 g/mol. The summed E-state index contributed by atoms with van der Waals surface area (Å²) < 4.78 is 23.3. The highest BCUT2D eigenvalue weighted by atomic mass is 35.5. The van der Waals surface area contributed by atoms with Gasteiger partial charge in [-0.05, 0) is 24.3 Å². The molecule has 0 saturated heterocycles. The molecule has 0 aromatic heterocycles. The predicted octanol–water partition coefficient (Wildman–Crippen LogP) is 4.38. The molecule has 0 unspecified atom stereocenters. The van der Waals surface area contributed by atoms with Gasteiger partial charge in [0.15, 0.2) is 17.3 Å². The number of carbonyl (C=O) groups is 1. The van der Waals surface area contributed by atoms with Gasteiger partial charge >= 0.3 is 0 Å². The van der Waals surface area contributed by atoms with Gasteiger partial charge < -0.3 is 9.47 Å². The maximum Gasteiger partial charge on any atom is 0.196 e. The van der Waals surface area contributed by atoms with E-state index in [0.29, 0.717) is 11.5 Å². The Labute approximate surface area is 131 Å². The first-order valence-corrected chi connectivity index (χ1v) is 6.64. The fourth-order valence-electron chi connectivity index (χ4n) is 1.85. The van der Waals surface area contributed by atoms with E-state index in [-0.39, 0.29) is 21.2 Å². The molecule has 0 aliphatic rings. The van der Waals surface area contributed by atoms with Gasteiger partial charge in [-0.25, -0.2) is 4.39 Å². The highest BCUT2D eigenvalue weighted by Gasteiger charge is 2.19. The molecule has 0 saturated carbocycles. The number of ketones is 1. The first-order chi connectivity index (χ1) is 9.97. The highest BCUT2D eigenvalue weighted by molar-refractivity contribution is 6.38. The van der Waals surface area contributed by atoms with Crippen LogP contribution in [0, 0.1) is 5.82 Å². The summed E-state index contributed by atoms with van der Waals surface area (Å²) in [5.41, 5.74) is 0.356. The van der Waals surface area contributed by atoms with Crippen LogP contribution in [0.3, 0.4) is 0 Å². The second-order valence-electron chi connectivity index (χ2n) is 4.14. The molecule has 0 radical (unpaired) electrons. The topological polar surface area (TPSA) is 35.5 Å². The van der Waals surface area contributed by atoms with Gasteiger partial charge in [-0.2, -0.15) is 0 Å². The fourth-order valence-corrected chi connectivity index (χ4v) is 2.34. The first-order valence-electron chi connectivity index (χ1n) is 5.89. The second kappa shape index (κ2) is 6.33. The molecule has 0 fully saturated rings. The van der Waals surface area contributed by atoms with Crippen molar-refractivity contribution in [3.8, 4) is 11.5 Å². The van der Waals surface area contributed by atoms with Gasteiger partial charge in [0.1, 0.15) is 5.82 Å². The number of carbonyl (C=O) groups excluding carboxylic acids is 1. The molecule has 0 atom stereocenters. The van der Waals surface area contributed by atoms with Crippen LogP contribution in [-0.2, 0) is 0 Å². The van der Waals surface area contributed by atoms with Crippen molar-refractivity contribution in [1.82, 2.24) is 0 Å². The Hall–Kier alpha value is -1.78. The van der Waals surface area contributed by atoms with E-state index >= 15 is 0 Å². The maximum absolute atomic E-state index is 13.1. The standard InChI is InChI=1S/C15H11Cl2FO3/c1-20-13-6-10(12(17)7-14(13)21-2)15(19)9-4-3-8(18)5-11(9)16/h3-7H,1-2H3. The smallest absolute Gasteiger partial charge is 0.196 e. The third kappa shape index (κ3) is 3.12. The van der Waals surface area contributed by atoms with Crippen molar-refractivity contribution in [1.29, 1.82) is 0 Å². The molecule has 2 aromatic carbocycles. The predicted molar refractivity (Wildman–Crippen MR) is 79.4 cm³/mol. The number of methoxy groups -OCH3 is 2. The van der Waals surface area contributed by atoms with Gasteiger partial charge in [-0.15, -0.1) is 0 Å². The minimum atomic E-state index is -0.519. The van der Waals surface area contributed by atoms with E-state index in [9.17, 15) is 9.18 Å². The Morgan fingerprint density at radius 1 is 0.952 bits per heavy atom. The van der Waals surface area contributed by atoms with E-state index in [0.717, 1.165) is 12.1 Å². The number of rotatable bonds is 4. The third-order valence-electron chi connectivity index (χ3n) is 2.89. The lowest BCUT2D eigenvalue weighted by molar-refractivity contribution is 0.103. The summed E-state index contributed by atoms with van der Waals surface area (Å²) in [6.45, 7) is 0. The first kappa shape index (κ1) is 15.6. The van der Waals surface area contributed by atoms with E-state index in [1.54, 1.807) is 0 Å². The van der Waals surface area contributed by atoms with Crippen molar-refractivity contribution in [2.75, 3.05) is 14.2 Å². The SMILES string of the molecule is COc1cc(Cl)c(C(=O)c2ccc(F)cc2Cl)cc1OC. The molecule has 110 valence electrons. The molecule has 0 bridgehead atoms. The van der Waals surface area contributed by atoms with Crippen LogP contribution in [-0.4, -0.2) is 20.0 Å². The molecule has 0 aliphatic heterocycles. The summed E-state index contributed by atoms with van der Waals surface area (Å²) in [5, 5.41) is 0.212. The Kier molecular flexibility index (Phi) is 4.70. The summed E-state index contributed by atoms with van der Waals surface area (Å²) in [5.74, 6) is -0.173. The van der Waals surface area contributed by atoms with Gasteiger partial charge in [-0.3, -0.25) is 4.79 Å². The molecule has 2 rings (SSSR count). The molecule has 0 spiro atoms. The van der Waals surface area contributed by atoms with E-state index in [1.807, 2.05) is 0 Å². The normalized spacial score (nSPS) is 10.3. The number of halogens is 3. The van der Waals surface area contributed by atoms with Crippen LogP contribution in [0.1, 0.15) is 15.9 Å². The van der Waals surface area contributed by atoms with E-state index in [4.69, 9.17) is 32.7 Å². The minimum Gasteiger partial charge on any atom is -0.493 e. The van der Waals surface area contributed by atoms with Crippen LogP contribution in [0.5, 0.6) is 11.5 Å². The summed E-state index contributed by atoms with van der Waals surface area (Å²) in [6, 6.07) is 6.48. The van der Waals surface area contributed by atoms with Gasteiger partial charge in [0.05, 0.1) is 24.3 Å². The zero-order valence-electron chi connectivity index (χ0n) is 11.2. The van der Waals surface area contributed by atoms with Crippen LogP contribution in [0.25, 0.3) is 0 Å². The minimum absolute atomic E-state index is 0.0193. The molecule has 2 aromatic rings. The summed E-state index contributed by atoms with van der Waals surface area (Å²) in [7, 11) is 2.91. The van der Waals surface area contributed by atoms with Crippen LogP contribution in [0.4, 0.5) is 4.39 Å². The lowest BCUT2D eigenvalue weighted by atomic mass is 10.0. The summed E-state index contributed by atoms with van der Waals surface area (Å²) in [6.07, 6.45) is 0. The van der Waals surface area contributed by atoms with Gasteiger partial charge in [0.25, 0.3) is 0 Å². The van der Waals surface area contributed by atoms with E-state index in [1.165, 1.54) is 32.4 Å². The van der Waals surface area contributed by atoms with E-state index in [2.05, 4.69) is 0 Å². The molecule has 0 N–H and O–H groups in total. The van der Waals surface area contributed by atoms with Crippen LogP contribution in [0.2, 0.25) is 10.0 Å². The van der Waals surface area contributed by atoms with Gasteiger partial charge in [0.2, 0.25) is 0 Å². The molecular formula is C15H11Cl2FO3. The van der Waals surface area contributed by atoms with Crippen LogP contribution < -0.4 is 9.47 Å². The molecule has 3 nitrogen and oxygen atoms in total. The quantitative estimate of drug-likeness (QED) is 0.781. The van der Waals surface area contributed by atoms with E-state index < -0.39 is 11.6 Å². The maximum atomic E-state index is 13.1. The van der Waals surface area contributed by atoms with Gasteiger partial charge in [-0.1, -0.05) is 23.2 Å². The molecule has 6 heteroatoms. The molecule has 21 heavy (non-hydrogen) atoms. The average molecular weight is 329 g/mol. The number of ether oxygens (including phenoxy) is 2. The Balaban J connectivity index is 2.53. The van der Waals surface area contributed by atoms with Crippen LogP contribution >= 0.6 is 23.2 Å². The zero-order valence-corrected chi connectivity index (χ0v) is 12.8. The van der Waals surface area contributed by atoms with Crippen molar-refractivity contribution in [3.05, 3.63) is 57.3 Å². The summed E-state index contributed by atoms with van der Waals surface area (Å²) >= 11 is 12.0. The Bertz CT molecular complexity index is 702. The van der Waals surface area contributed by atoms with Crippen molar-refractivity contribution in [3.63, 3.8) is 0 Å². The Morgan fingerprint density at radius 3 is 2.10 bits per heavy atom. The zero-order chi connectivity index (χ0) is 15.6. The number of hydrogen-bond acceptors (Lipinski definition) is 3. The number of hydrogen-bond donors (Lipinski definition) is 0. The largest absolute Gasteiger partial charge is 0.493 e. The van der Waals surface area contributed by atoms with Crippen molar-refractivity contribution < 1.29 is 18.7 Å². The molecule has 0 amide bonds. The van der Waals surface area contributed by atoms with Gasteiger partial charge in [0, 0.05) is 17.2 Å². The van der Waals surface area contributed by atoms with Crippen molar-refractivity contribution in [2.24, 2.45) is 0 Å². The lowest BCUT2D eigenvalue weighted by Crippen LogP contribution is -2.05. The third-order valence-corrected chi connectivity index (χ3v) is 3.52. The highest BCUT2D eigenvalue weighted by Crippen LogP contribution is 2.34. The molecule has 0 heterocycles. The molecule has 0 aliphatic carbocycles. The summed E-state index contributed by atoms with van der Waals surface area (Å²) in [4.78, 5) is 12.5. The fraction of sp³-hybridized carbons (Fsp3) is 0.133. The van der Waals surface area contributed by atoms with Crippen molar-refractivity contribution in [2.45, 2.75) is 0 Å². The number of benzene rings is 2. The molecular weight excluding hydrogens is 318 g/mol. The second-order valence-corrected chi connectivity index (χ2v) is 4.95.